The van der Waals surface area contributed by atoms with Gasteiger partial charge in [-0.1, -0.05) is 48.5 Å². The predicted molar refractivity (Wildman–Crippen MR) is 150 cm³/mol. The van der Waals surface area contributed by atoms with E-state index in [1.807, 2.05) is 35.2 Å². The van der Waals surface area contributed by atoms with Crippen LogP contribution < -0.4 is 10.5 Å². The van der Waals surface area contributed by atoms with Gasteiger partial charge in [0.25, 0.3) is 5.56 Å². The van der Waals surface area contributed by atoms with Crippen LogP contribution in [0.25, 0.3) is 0 Å². The number of likely N-dealkylation sites (tertiary alicyclic amines) is 1. The molecule has 0 spiro atoms. The number of hydrogen-bond donors (Lipinski definition) is 2. The summed E-state index contributed by atoms with van der Waals surface area (Å²) in [5.41, 5.74) is 1.08. The maximum atomic E-state index is 14.1. The zero-order valence-corrected chi connectivity index (χ0v) is 22.4. The summed E-state index contributed by atoms with van der Waals surface area (Å²) < 4.78 is 0. The molecule has 3 aliphatic heterocycles. The Kier molecular flexibility index (Phi) is 7.14. The van der Waals surface area contributed by atoms with Gasteiger partial charge < -0.3 is 15.0 Å². The zero-order valence-electron chi connectivity index (χ0n) is 21.6. The van der Waals surface area contributed by atoms with Crippen molar-refractivity contribution in [2.75, 3.05) is 24.5 Å². The van der Waals surface area contributed by atoms with E-state index in [0.717, 1.165) is 57.0 Å². The van der Waals surface area contributed by atoms with Gasteiger partial charge in [0.15, 0.2) is 5.82 Å². The molecular weight excluding hydrogens is 514 g/mol. The third kappa shape index (κ3) is 4.83. The second kappa shape index (κ2) is 10.9. The number of benzene rings is 2. The first-order valence-electron chi connectivity index (χ1n) is 13.5. The van der Waals surface area contributed by atoms with Gasteiger partial charge in [-0.2, -0.15) is 0 Å². The van der Waals surface area contributed by atoms with E-state index in [4.69, 9.17) is 4.98 Å². The molecule has 2 unspecified atom stereocenters. The number of urea groups is 1. The van der Waals surface area contributed by atoms with E-state index < -0.39 is 0 Å². The number of fused-ring (bicyclic) bond motifs is 3. The standard InChI is InChI=1S/C29H31N5O4S/c35-22-14-5-4-12-20(22)28(37)39-18-23-30-26-24(27(36)31-23)25-21(32-15-8-9-16-32)13-6-7-17-33(25)29(38)34(26)19-10-2-1-3-11-19/h1-5,10-12,14,21,25,35H,6-9,13,15-18H2,(H,30,31,36). The average molecular weight is 546 g/mol. The minimum Gasteiger partial charge on any atom is -0.507 e. The van der Waals surface area contributed by atoms with Crippen molar-refractivity contribution >= 4 is 34.4 Å². The molecule has 2 aromatic carbocycles. The number of H-pyrrole nitrogens is 1. The Bertz CT molecular complexity index is 1440. The number of aromatic nitrogens is 2. The van der Waals surface area contributed by atoms with E-state index in [1.54, 1.807) is 23.1 Å². The van der Waals surface area contributed by atoms with Gasteiger partial charge >= 0.3 is 6.03 Å². The molecule has 0 aliphatic carbocycles. The lowest BCUT2D eigenvalue weighted by Crippen LogP contribution is -2.55. The molecule has 3 aromatic rings. The topological polar surface area (TPSA) is 110 Å². The number of anilines is 2. The molecule has 2 N–H and O–H groups in total. The number of nitrogens with zero attached hydrogens (tertiary/aromatic N) is 4. The summed E-state index contributed by atoms with van der Waals surface area (Å²) >= 11 is 0.947. The van der Waals surface area contributed by atoms with E-state index in [2.05, 4.69) is 9.88 Å². The number of carbonyl (C=O) groups is 2. The van der Waals surface area contributed by atoms with Gasteiger partial charge in [-0.05, 0) is 63.0 Å². The van der Waals surface area contributed by atoms with Crippen molar-refractivity contribution in [1.82, 2.24) is 19.8 Å². The highest BCUT2D eigenvalue weighted by atomic mass is 32.2. The number of rotatable bonds is 5. The number of phenols is 1. The smallest absolute Gasteiger partial charge is 0.330 e. The second-order valence-corrected chi connectivity index (χ2v) is 11.2. The van der Waals surface area contributed by atoms with Gasteiger partial charge in [0.1, 0.15) is 11.6 Å². The van der Waals surface area contributed by atoms with Crippen LogP contribution in [0.2, 0.25) is 0 Å². The quantitative estimate of drug-likeness (QED) is 0.473. The van der Waals surface area contributed by atoms with Crippen LogP contribution in [-0.2, 0) is 5.75 Å². The molecule has 4 heterocycles. The van der Waals surface area contributed by atoms with E-state index in [0.29, 0.717) is 29.4 Å². The van der Waals surface area contributed by atoms with Crippen molar-refractivity contribution in [3.05, 3.63) is 81.9 Å². The van der Waals surface area contributed by atoms with Crippen molar-refractivity contribution in [1.29, 1.82) is 0 Å². The Morgan fingerprint density at radius 2 is 1.69 bits per heavy atom. The van der Waals surface area contributed by atoms with Crippen LogP contribution in [0, 0.1) is 0 Å². The van der Waals surface area contributed by atoms with Crippen molar-refractivity contribution < 1.29 is 14.7 Å². The maximum absolute atomic E-state index is 14.1. The number of aromatic amines is 1. The Morgan fingerprint density at radius 1 is 0.974 bits per heavy atom. The Labute approximate surface area is 230 Å². The zero-order chi connectivity index (χ0) is 26.9. The first-order valence-corrected chi connectivity index (χ1v) is 14.5. The number of phenolic OH excluding ortho intramolecular Hbond substituents is 1. The molecule has 39 heavy (non-hydrogen) atoms. The number of thioether (sulfide) groups is 1. The lowest BCUT2D eigenvalue weighted by molar-refractivity contribution is 0.108. The van der Waals surface area contributed by atoms with Crippen LogP contribution in [0.3, 0.4) is 0 Å². The molecule has 3 aliphatic rings. The third-order valence-electron chi connectivity index (χ3n) is 7.87. The molecule has 9 nitrogen and oxygen atoms in total. The Balaban J connectivity index is 1.42. The van der Waals surface area contributed by atoms with Crippen LogP contribution in [0.5, 0.6) is 5.75 Å². The summed E-state index contributed by atoms with van der Waals surface area (Å²) in [4.78, 5) is 54.4. The van der Waals surface area contributed by atoms with Crippen LogP contribution in [-0.4, -0.2) is 61.7 Å². The number of amides is 2. The fourth-order valence-corrected chi connectivity index (χ4v) is 6.80. The summed E-state index contributed by atoms with van der Waals surface area (Å²) in [7, 11) is 0. The second-order valence-electron chi connectivity index (χ2n) is 10.2. The van der Waals surface area contributed by atoms with Crippen LogP contribution >= 0.6 is 11.8 Å². The SMILES string of the molecule is O=C(SCc1nc2c(c(=O)[nH]1)C1C(N3CCCC3)CCCCN1C(=O)N2c1ccccc1)c1ccccc1O. The van der Waals surface area contributed by atoms with Gasteiger partial charge in [0.2, 0.25) is 5.12 Å². The molecule has 0 radical (unpaired) electrons. The number of carbonyl (C=O) groups excluding carboxylic acids is 2. The van der Waals surface area contributed by atoms with Gasteiger partial charge in [-0.25, -0.2) is 14.7 Å². The fraction of sp³-hybridized carbons (Fsp3) is 0.379. The fourth-order valence-electron chi connectivity index (χ4n) is 6.07. The first-order chi connectivity index (χ1) is 19.0. The van der Waals surface area contributed by atoms with Gasteiger partial charge in [0.05, 0.1) is 28.6 Å². The van der Waals surface area contributed by atoms with Crippen molar-refractivity contribution in [2.45, 2.75) is 49.9 Å². The highest BCUT2D eigenvalue weighted by Crippen LogP contribution is 2.43. The van der Waals surface area contributed by atoms with Crippen molar-refractivity contribution in [3.8, 4) is 5.75 Å². The lowest BCUT2D eigenvalue weighted by Gasteiger charge is -2.45. The van der Waals surface area contributed by atoms with E-state index in [9.17, 15) is 19.5 Å². The molecule has 2 fully saturated rings. The van der Waals surface area contributed by atoms with Gasteiger partial charge in [0, 0.05) is 12.6 Å². The van der Waals surface area contributed by atoms with Crippen LogP contribution in [0.1, 0.15) is 59.9 Å². The molecule has 0 bridgehead atoms. The molecule has 2 atom stereocenters. The lowest BCUT2D eigenvalue weighted by atomic mass is 9.93. The molecule has 0 saturated carbocycles. The first kappa shape index (κ1) is 25.6. The van der Waals surface area contributed by atoms with Crippen LogP contribution in [0.4, 0.5) is 16.3 Å². The molecule has 2 saturated heterocycles. The third-order valence-corrected chi connectivity index (χ3v) is 8.77. The van der Waals surface area contributed by atoms with E-state index in [1.165, 1.54) is 6.07 Å². The highest BCUT2D eigenvalue weighted by molar-refractivity contribution is 8.13. The Hall–Kier alpha value is -3.63. The van der Waals surface area contributed by atoms with E-state index in [-0.39, 0.29) is 45.9 Å². The summed E-state index contributed by atoms with van der Waals surface area (Å²) in [6, 6.07) is 15.2. The maximum Gasteiger partial charge on any atom is 0.330 e. The summed E-state index contributed by atoms with van der Waals surface area (Å²) in [6.45, 7) is 2.52. The molecule has 2 amide bonds. The molecular formula is C29H31N5O4S. The monoisotopic (exact) mass is 545 g/mol. The molecule has 202 valence electrons. The van der Waals surface area contributed by atoms with Crippen molar-refractivity contribution in [3.63, 3.8) is 0 Å². The predicted octanol–water partition coefficient (Wildman–Crippen LogP) is 4.81. The molecule has 10 heteroatoms. The number of hydrogen-bond acceptors (Lipinski definition) is 7. The highest BCUT2D eigenvalue weighted by Gasteiger charge is 2.47. The summed E-state index contributed by atoms with van der Waals surface area (Å²) in [5.74, 6) is 0.647. The van der Waals surface area contributed by atoms with Crippen molar-refractivity contribution in [2.24, 2.45) is 0 Å². The Morgan fingerprint density at radius 3 is 2.46 bits per heavy atom. The number of aromatic hydroxyl groups is 1. The average Bonchev–Trinajstić information content (AvgIpc) is 3.39. The molecule has 1 aromatic heterocycles. The van der Waals surface area contributed by atoms with Gasteiger partial charge in [-0.3, -0.25) is 14.5 Å². The summed E-state index contributed by atoms with van der Waals surface area (Å²) in [6.07, 6.45) is 5.05. The minimum absolute atomic E-state index is 0.0568. The summed E-state index contributed by atoms with van der Waals surface area (Å²) in [5, 5.41) is 9.73. The number of para-hydroxylation sites is 2. The number of nitrogens with one attached hydrogen (secondary N) is 1. The normalized spacial score (nSPS) is 21.4. The van der Waals surface area contributed by atoms with E-state index >= 15 is 0 Å². The molecule has 6 rings (SSSR count). The largest absolute Gasteiger partial charge is 0.507 e. The van der Waals surface area contributed by atoms with Crippen LogP contribution in [0.15, 0.2) is 59.4 Å². The minimum atomic E-state index is -0.381. The van der Waals surface area contributed by atoms with Gasteiger partial charge in [-0.15, -0.1) is 0 Å².